The fourth-order valence-electron chi connectivity index (χ4n) is 2.15. The van der Waals surface area contributed by atoms with Crippen LogP contribution in [0.3, 0.4) is 0 Å². The van der Waals surface area contributed by atoms with Gasteiger partial charge in [-0.1, -0.05) is 12.1 Å². The summed E-state index contributed by atoms with van der Waals surface area (Å²) in [4.78, 5) is 23.3. The normalized spacial score (nSPS) is 19.2. The van der Waals surface area contributed by atoms with Crippen LogP contribution in [0.15, 0.2) is 18.2 Å². The second-order valence-electron chi connectivity index (χ2n) is 4.34. The third-order valence-corrected chi connectivity index (χ3v) is 3.08. The van der Waals surface area contributed by atoms with Gasteiger partial charge in [-0.25, -0.2) is 4.79 Å². The van der Waals surface area contributed by atoms with Crippen LogP contribution < -0.4 is 4.90 Å². The zero-order chi connectivity index (χ0) is 14.0. The van der Waals surface area contributed by atoms with Crippen molar-refractivity contribution in [1.29, 1.82) is 0 Å². The van der Waals surface area contributed by atoms with E-state index in [-0.39, 0.29) is 18.8 Å². The summed E-state index contributed by atoms with van der Waals surface area (Å²) in [6, 6.07) is 5.02. The van der Waals surface area contributed by atoms with E-state index in [4.69, 9.17) is 9.84 Å². The number of aryl methyl sites for hydroxylation is 1. The van der Waals surface area contributed by atoms with E-state index < -0.39 is 17.0 Å². The molecule has 0 saturated carbocycles. The molecule has 7 nitrogen and oxygen atoms in total. The molecule has 2 rings (SSSR count). The highest BCUT2D eigenvalue weighted by Gasteiger charge is 2.30. The van der Waals surface area contributed by atoms with Crippen molar-refractivity contribution in [3.63, 3.8) is 0 Å². The maximum atomic E-state index is 11.1. The van der Waals surface area contributed by atoms with Crippen molar-refractivity contribution in [3.8, 4) is 0 Å². The smallest absolute Gasteiger partial charge is 0.334 e. The Morgan fingerprint density at radius 2 is 2.32 bits per heavy atom. The molecule has 0 amide bonds. The van der Waals surface area contributed by atoms with E-state index in [0.29, 0.717) is 17.8 Å². The molecule has 1 aromatic carbocycles. The van der Waals surface area contributed by atoms with Crippen molar-refractivity contribution in [1.82, 2.24) is 0 Å². The molecule has 0 spiro atoms. The fraction of sp³-hybridized carbons (Fsp3) is 0.417. The Balaban J connectivity index is 2.34. The van der Waals surface area contributed by atoms with Crippen molar-refractivity contribution >= 4 is 17.3 Å². The van der Waals surface area contributed by atoms with Gasteiger partial charge in [-0.2, -0.15) is 0 Å². The van der Waals surface area contributed by atoms with Gasteiger partial charge in [0, 0.05) is 12.1 Å². The lowest BCUT2D eigenvalue weighted by molar-refractivity contribution is -0.384. The molecule has 1 aliphatic heterocycles. The predicted octanol–water partition coefficient (Wildman–Crippen LogP) is 1.19. The molecule has 7 heteroatoms. The van der Waals surface area contributed by atoms with Gasteiger partial charge in [0.05, 0.1) is 18.1 Å². The summed E-state index contributed by atoms with van der Waals surface area (Å²) in [7, 11) is 0. The lowest BCUT2D eigenvalue weighted by Crippen LogP contribution is -2.46. The molecule has 1 fully saturated rings. The van der Waals surface area contributed by atoms with Crippen LogP contribution in [-0.2, 0) is 9.53 Å². The number of ether oxygens (including phenoxy) is 1. The minimum absolute atomic E-state index is 0.0218. The van der Waals surface area contributed by atoms with Gasteiger partial charge in [0.15, 0.2) is 6.10 Å². The van der Waals surface area contributed by atoms with E-state index >= 15 is 0 Å². The molecule has 1 atom stereocenters. The van der Waals surface area contributed by atoms with Gasteiger partial charge in [-0.15, -0.1) is 0 Å². The molecule has 1 aliphatic rings. The van der Waals surface area contributed by atoms with Gasteiger partial charge >= 0.3 is 5.97 Å². The van der Waals surface area contributed by atoms with Gasteiger partial charge in [0.2, 0.25) is 0 Å². The first-order valence-corrected chi connectivity index (χ1v) is 5.84. The van der Waals surface area contributed by atoms with E-state index in [0.717, 1.165) is 0 Å². The number of benzene rings is 1. The van der Waals surface area contributed by atoms with E-state index in [1.165, 1.54) is 0 Å². The number of carbonyl (C=O) groups is 1. The van der Waals surface area contributed by atoms with Crippen LogP contribution in [0.5, 0.6) is 0 Å². The molecular weight excluding hydrogens is 252 g/mol. The molecule has 0 bridgehead atoms. The highest BCUT2D eigenvalue weighted by molar-refractivity contribution is 5.75. The van der Waals surface area contributed by atoms with Crippen LogP contribution in [-0.4, -0.2) is 41.8 Å². The van der Waals surface area contributed by atoms with Gasteiger partial charge in [-0.05, 0) is 13.0 Å². The second-order valence-corrected chi connectivity index (χ2v) is 4.34. The van der Waals surface area contributed by atoms with E-state index in [9.17, 15) is 14.9 Å². The largest absolute Gasteiger partial charge is 0.479 e. The van der Waals surface area contributed by atoms with Crippen molar-refractivity contribution < 1.29 is 19.6 Å². The molecule has 1 N–H and O–H groups in total. The summed E-state index contributed by atoms with van der Waals surface area (Å²) >= 11 is 0. The second kappa shape index (κ2) is 5.23. The number of nitro groups is 1. The SMILES string of the molecule is Cc1cccc(N2CCOC(C(=O)O)C2)c1[N+](=O)[O-]. The first-order valence-electron chi connectivity index (χ1n) is 5.84. The van der Waals surface area contributed by atoms with E-state index in [2.05, 4.69) is 0 Å². The first-order chi connectivity index (χ1) is 9.00. The Morgan fingerprint density at radius 3 is 2.95 bits per heavy atom. The van der Waals surface area contributed by atoms with E-state index in [1.54, 1.807) is 30.0 Å². The quantitative estimate of drug-likeness (QED) is 0.652. The number of carboxylic acids is 1. The zero-order valence-corrected chi connectivity index (χ0v) is 10.4. The molecule has 1 unspecified atom stereocenters. The van der Waals surface area contributed by atoms with Crippen LogP contribution in [0.4, 0.5) is 11.4 Å². The lowest BCUT2D eigenvalue weighted by atomic mass is 10.1. The van der Waals surface area contributed by atoms with Crippen LogP contribution in [0.25, 0.3) is 0 Å². The number of para-hydroxylation sites is 1. The maximum absolute atomic E-state index is 11.1. The molecule has 0 radical (unpaired) electrons. The number of carboxylic acid groups (broad SMARTS) is 1. The minimum Gasteiger partial charge on any atom is -0.479 e. The van der Waals surface area contributed by atoms with Gasteiger partial charge < -0.3 is 14.7 Å². The zero-order valence-electron chi connectivity index (χ0n) is 10.4. The summed E-state index contributed by atoms with van der Waals surface area (Å²) < 4.78 is 5.11. The summed E-state index contributed by atoms with van der Waals surface area (Å²) in [5.74, 6) is -1.06. The Labute approximate surface area is 109 Å². The van der Waals surface area contributed by atoms with Gasteiger partial charge in [0.1, 0.15) is 5.69 Å². The van der Waals surface area contributed by atoms with Crippen LogP contribution in [0.2, 0.25) is 0 Å². The number of hydrogen-bond acceptors (Lipinski definition) is 5. The highest BCUT2D eigenvalue weighted by Crippen LogP contribution is 2.32. The Bertz CT molecular complexity index is 517. The van der Waals surface area contributed by atoms with Crippen molar-refractivity contribution in [2.75, 3.05) is 24.6 Å². The molecule has 1 saturated heterocycles. The van der Waals surface area contributed by atoms with Gasteiger partial charge in [-0.3, -0.25) is 10.1 Å². The summed E-state index contributed by atoms with van der Waals surface area (Å²) in [6.07, 6.45) is -0.950. The molecule has 0 aliphatic carbocycles. The number of aliphatic carboxylic acids is 1. The van der Waals surface area contributed by atoms with Crippen LogP contribution >= 0.6 is 0 Å². The fourth-order valence-corrected chi connectivity index (χ4v) is 2.15. The van der Waals surface area contributed by atoms with E-state index in [1.807, 2.05) is 0 Å². The molecule has 0 aromatic heterocycles. The first kappa shape index (κ1) is 13.3. The summed E-state index contributed by atoms with van der Waals surface area (Å²) in [6.45, 7) is 2.45. The molecule has 102 valence electrons. The number of anilines is 1. The van der Waals surface area contributed by atoms with Crippen molar-refractivity contribution in [2.45, 2.75) is 13.0 Å². The third kappa shape index (κ3) is 2.65. The standard InChI is InChI=1S/C12H14N2O5/c1-8-3-2-4-9(11(8)14(17)18)13-5-6-19-10(7-13)12(15)16/h2-4,10H,5-7H2,1H3,(H,15,16). The molecule has 19 heavy (non-hydrogen) atoms. The van der Waals surface area contributed by atoms with Crippen molar-refractivity contribution in [3.05, 3.63) is 33.9 Å². The molecule has 1 aromatic rings. The van der Waals surface area contributed by atoms with Crippen LogP contribution in [0, 0.1) is 17.0 Å². The summed E-state index contributed by atoms with van der Waals surface area (Å²) in [5, 5.41) is 20.1. The number of hydrogen-bond donors (Lipinski definition) is 1. The molecule has 1 heterocycles. The Morgan fingerprint density at radius 1 is 1.58 bits per heavy atom. The minimum atomic E-state index is -1.06. The number of rotatable bonds is 3. The monoisotopic (exact) mass is 266 g/mol. The lowest BCUT2D eigenvalue weighted by Gasteiger charge is -2.32. The number of nitrogens with zero attached hydrogens (tertiary/aromatic N) is 2. The maximum Gasteiger partial charge on any atom is 0.334 e. The average Bonchev–Trinajstić information content (AvgIpc) is 2.38. The predicted molar refractivity (Wildman–Crippen MR) is 67.4 cm³/mol. The summed E-state index contributed by atoms with van der Waals surface area (Å²) in [5.41, 5.74) is 1.02. The topological polar surface area (TPSA) is 92.9 Å². The average molecular weight is 266 g/mol. The van der Waals surface area contributed by atoms with Gasteiger partial charge in [0.25, 0.3) is 5.69 Å². The molecular formula is C12H14N2O5. The Kier molecular flexibility index (Phi) is 3.66. The number of nitro benzene ring substituents is 1. The Hall–Kier alpha value is -2.15. The van der Waals surface area contributed by atoms with Crippen molar-refractivity contribution in [2.24, 2.45) is 0 Å². The van der Waals surface area contributed by atoms with Crippen LogP contribution in [0.1, 0.15) is 5.56 Å². The highest BCUT2D eigenvalue weighted by atomic mass is 16.6. The number of morpholine rings is 1. The third-order valence-electron chi connectivity index (χ3n) is 3.08.